The zero-order chi connectivity index (χ0) is 9.52. The Labute approximate surface area is 78.8 Å². The van der Waals surface area contributed by atoms with E-state index in [-0.39, 0.29) is 0 Å². The van der Waals surface area contributed by atoms with Gasteiger partial charge < -0.3 is 0 Å². The third kappa shape index (κ3) is 2.96. The molecule has 13 heavy (non-hydrogen) atoms. The second-order valence-electron chi connectivity index (χ2n) is 2.50. The Kier molecular flexibility index (Phi) is 3.53. The second kappa shape index (κ2) is 4.95. The van der Waals surface area contributed by atoms with Gasteiger partial charge in [-0.1, -0.05) is 42.3 Å². The predicted octanol–water partition coefficient (Wildman–Crippen LogP) is 2.40. The normalized spacial score (nSPS) is 11.5. The summed E-state index contributed by atoms with van der Waals surface area (Å²) in [5.41, 5.74) is 1.78. The molecular weight excluding hydrogens is 158 g/mol. The van der Waals surface area contributed by atoms with E-state index in [2.05, 4.69) is 10.9 Å². The SMILES string of the molecule is C#CC(/C=C/c1ccccc1)=NC. The van der Waals surface area contributed by atoms with Crippen molar-refractivity contribution in [2.75, 3.05) is 7.05 Å². The Hall–Kier alpha value is -1.81. The van der Waals surface area contributed by atoms with Gasteiger partial charge in [-0.2, -0.15) is 0 Å². The summed E-state index contributed by atoms with van der Waals surface area (Å²) < 4.78 is 0. The Morgan fingerprint density at radius 3 is 2.62 bits per heavy atom. The molecule has 1 rings (SSSR count). The summed E-state index contributed by atoms with van der Waals surface area (Å²) in [6.45, 7) is 0. The summed E-state index contributed by atoms with van der Waals surface area (Å²) in [5.74, 6) is 2.49. The fourth-order valence-corrected chi connectivity index (χ4v) is 0.927. The molecule has 0 aliphatic carbocycles. The smallest absolute Gasteiger partial charge is 0.106 e. The van der Waals surface area contributed by atoms with Crippen molar-refractivity contribution in [3.8, 4) is 12.3 Å². The van der Waals surface area contributed by atoms with Crippen LogP contribution in [0.5, 0.6) is 0 Å². The Balaban J connectivity index is 2.76. The van der Waals surface area contributed by atoms with Gasteiger partial charge in [-0.25, -0.2) is 0 Å². The van der Waals surface area contributed by atoms with Crippen LogP contribution in [0, 0.1) is 12.3 Å². The summed E-state index contributed by atoms with van der Waals surface area (Å²) in [4.78, 5) is 3.92. The fraction of sp³-hybridized carbons (Fsp3) is 0.0833. The first-order valence-corrected chi connectivity index (χ1v) is 4.03. The van der Waals surface area contributed by atoms with Gasteiger partial charge in [0.05, 0.1) is 0 Å². The maximum absolute atomic E-state index is 5.22. The van der Waals surface area contributed by atoms with E-state index in [4.69, 9.17) is 6.42 Å². The minimum absolute atomic E-state index is 0.656. The molecular formula is C12H11N. The van der Waals surface area contributed by atoms with Gasteiger partial charge in [0.2, 0.25) is 0 Å². The molecule has 1 aromatic carbocycles. The highest BCUT2D eigenvalue weighted by Crippen LogP contribution is 2.00. The van der Waals surface area contributed by atoms with Gasteiger partial charge in [-0.3, -0.25) is 4.99 Å². The minimum atomic E-state index is 0.656. The second-order valence-corrected chi connectivity index (χ2v) is 2.50. The van der Waals surface area contributed by atoms with Crippen molar-refractivity contribution in [3.63, 3.8) is 0 Å². The quantitative estimate of drug-likeness (QED) is 0.476. The van der Waals surface area contributed by atoms with E-state index in [1.165, 1.54) is 0 Å². The predicted molar refractivity (Wildman–Crippen MR) is 57.7 cm³/mol. The third-order valence-electron chi connectivity index (χ3n) is 1.62. The van der Waals surface area contributed by atoms with Gasteiger partial charge in [0.15, 0.2) is 0 Å². The van der Waals surface area contributed by atoms with Crippen LogP contribution >= 0.6 is 0 Å². The highest BCUT2D eigenvalue weighted by atomic mass is 14.7. The van der Waals surface area contributed by atoms with E-state index in [1.807, 2.05) is 42.5 Å². The average Bonchev–Trinajstić information content (AvgIpc) is 2.21. The van der Waals surface area contributed by atoms with Crippen molar-refractivity contribution in [1.29, 1.82) is 0 Å². The van der Waals surface area contributed by atoms with Crippen molar-refractivity contribution in [2.24, 2.45) is 4.99 Å². The first kappa shape index (κ1) is 9.28. The first-order valence-electron chi connectivity index (χ1n) is 4.03. The Bertz CT molecular complexity index is 352. The van der Waals surface area contributed by atoms with Crippen LogP contribution < -0.4 is 0 Å². The van der Waals surface area contributed by atoms with Crippen molar-refractivity contribution in [3.05, 3.63) is 42.0 Å². The molecule has 0 saturated carbocycles. The lowest BCUT2D eigenvalue weighted by Gasteiger charge is -1.90. The van der Waals surface area contributed by atoms with Crippen molar-refractivity contribution < 1.29 is 0 Å². The number of rotatable bonds is 2. The molecule has 0 heterocycles. The zero-order valence-electron chi connectivity index (χ0n) is 7.57. The molecule has 0 unspecified atom stereocenters. The van der Waals surface area contributed by atoms with Crippen LogP contribution in [0.3, 0.4) is 0 Å². The Morgan fingerprint density at radius 1 is 1.38 bits per heavy atom. The summed E-state index contributed by atoms with van der Waals surface area (Å²) in [6, 6.07) is 9.98. The summed E-state index contributed by atoms with van der Waals surface area (Å²) >= 11 is 0. The molecule has 64 valence electrons. The van der Waals surface area contributed by atoms with E-state index in [9.17, 15) is 0 Å². The van der Waals surface area contributed by atoms with Gasteiger partial charge in [-0.05, 0) is 11.6 Å². The van der Waals surface area contributed by atoms with Gasteiger partial charge in [-0.15, -0.1) is 6.42 Å². The molecule has 0 radical (unpaired) electrons. The van der Waals surface area contributed by atoms with Crippen molar-refractivity contribution in [1.82, 2.24) is 0 Å². The number of allylic oxidation sites excluding steroid dienone is 1. The van der Waals surface area contributed by atoms with Crippen LogP contribution in [0.2, 0.25) is 0 Å². The summed E-state index contributed by atoms with van der Waals surface area (Å²) in [7, 11) is 1.69. The number of aliphatic imine (C=N–C) groups is 1. The molecule has 0 fully saturated rings. The molecule has 1 aromatic rings. The molecule has 0 aliphatic rings. The number of terminal acetylenes is 1. The maximum Gasteiger partial charge on any atom is 0.106 e. The maximum atomic E-state index is 5.22. The molecule has 0 atom stereocenters. The largest absolute Gasteiger partial charge is 0.280 e. The topological polar surface area (TPSA) is 12.4 Å². The van der Waals surface area contributed by atoms with Crippen LogP contribution in [-0.2, 0) is 0 Å². The van der Waals surface area contributed by atoms with Crippen LogP contribution in [0.1, 0.15) is 5.56 Å². The Morgan fingerprint density at radius 2 is 2.08 bits per heavy atom. The molecule has 0 amide bonds. The number of benzene rings is 1. The lowest BCUT2D eigenvalue weighted by Crippen LogP contribution is -1.85. The molecule has 0 aliphatic heterocycles. The average molecular weight is 169 g/mol. The highest BCUT2D eigenvalue weighted by molar-refractivity contribution is 6.10. The van der Waals surface area contributed by atoms with E-state index in [0.29, 0.717) is 5.71 Å². The van der Waals surface area contributed by atoms with Crippen LogP contribution in [-0.4, -0.2) is 12.8 Å². The molecule has 1 heteroatoms. The van der Waals surface area contributed by atoms with E-state index in [1.54, 1.807) is 7.05 Å². The lowest BCUT2D eigenvalue weighted by atomic mass is 10.2. The van der Waals surface area contributed by atoms with Gasteiger partial charge in [0.1, 0.15) is 5.71 Å². The first-order chi connectivity index (χ1) is 6.36. The standard InChI is InChI=1S/C12H11N/c1-3-12(13-2)10-9-11-7-5-4-6-8-11/h1,4-10H,2H3/b10-9+,13-12?. The van der Waals surface area contributed by atoms with Crippen molar-refractivity contribution in [2.45, 2.75) is 0 Å². The number of hydrogen-bond donors (Lipinski definition) is 0. The molecule has 0 aromatic heterocycles. The van der Waals surface area contributed by atoms with Crippen molar-refractivity contribution >= 4 is 11.8 Å². The van der Waals surface area contributed by atoms with Crippen LogP contribution in [0.15, 0.2) is 41.4 Å². The molecule has 0 saturated heterocycles. The van der Waals surface area contributed by atoms with E-state index in [0.717, 1.165) is 5.56 Å². The summed E-state index contributed by atoms with van der Waals surface area (Å²) in [6.07, 6.45) is 8.99. The zero-order valence-corrected chi connectivity index (χ0v) is 7.57. The van der Waals surface area contributed by atoms with Crippen LogP contribution in [0.25, 0.3) is 6.08 Å². The monoisotopic (exact) mass is 169 g/mol. The molecule has 0 spiro atoms. The minimum Gasteiger partial charge on any atom is -0.280 e. The van der Waals surface area contributed by atoms with Gasteiger partial charge in [0.25, 0.3) is 0 Å². The van der Waals surface area contributed by atoms with E-state index < -0.39 is 0 Å². The number of hydrogen-bond acceptors (Lipinski definition) is 1. The third-order valence-corrected chi connectivity index (χ3v) is 1.62. The molecule has 0 bridgehead atoms. The summed E-state index contributed by atoms with van der Waals surface area (Å²) in [5, 5.41) is 0. The number of nitrogens with zero attached hydrogens (tertiary/aromatic N) is 1. The molecule has 1 nitrogen and oxygen atoms in total. The van der Waals surface area contributed by atoms with Gasteiger partial charge >= 0.3 is 0 Å². The molecule has 0 N–H and O–H groups in total. The fourth-order valence-electron chi connectivity index (χ4n) is 0.927. The highest BCUT2D eigenvalue weighted by Gasteiger charge is 1.85. The lowest BCUT2D eigenvalue weighted by molar-refractivity contribution is 1.46. The van der Waals surface area contributed by atoms with Crippen LogP contribution in [0.4, 0.5) is 0 Å². The van der Waals surface area contributed by atoms with E-state index >= 15 is 0 Å². The van der Waals surface area contributed by atoms with Gasteiger partial charge in [0, 0.05) is 7.05 Å².